The molecule has 1 fully saturated rings. The summed E-state index contributed by atoms with van der Waals surface area (Å²) in [5.74, 6) is -0.981. The molecule has 118 valence electrons. The zero-order valence-corrected chi connectivity index (χ0v) is 11.9. The monoisotopic (exact) mass is 303 g/mol. The Balaban J connectivity index is 1.91. The minimum absolute atomic E-state index is 0.251. The molecule has 6 heteroatoms. The molecule has 1 saturated carbocycles. The maximum absolute atomic E-state index is 13.6. The number of rotatable bonds is 6. The van der Waals surface area contributed by atoms with Crippen LogP contribution in [-0.2, 0) is 6.54 Å². The van der Waals surface area contributed by atoms with Crippen LogP contribution in [0.5, 0.6) is 5.75 Å². The van der Waals surface area contributed by atoms with Gasteiger partial charge in [-0.25, -0.2) is 4.39 Å². The third kappa shape index (κ3) is 4.61. The van der Waals surface area contributed by atoms with E-state index in [4.69, 9.17) is 0 Å². The molecule has 21 heavy (non-hydrogen) atoms. The first-order chi connectivity index (χ1) is 9.95. The topological polar surface area (TPSA) is 32.7 Å². The standard InChI is InChI=1S/C15H20F3NO2/c1-19(9-11-3-2-4-13(11)20)8-10-5-6-14(12(16)7-10)21-15(17)18/h5-7,11,13,15,20H,2-4,8-9H2,1H3. The molecule has 1 aromatic carbocycles. The van der Waals surface area contributed by atoms with E-state index in [1.807, 2.05) is 11.9 Å². The summed E-state index contributed by atoms with van der Waals surface area (Å²) >= 11 is 0. The van der Waals surface area contributed by atoms with Crippen molar-refractivity contribution in [2.45, 2.75) is 38.5 Å². The van der Waals surface area contributed by atoms with Gasteiger partial charge in [-0.15, -0.1) is 0 Å². The lowest BCUT2D eigenvalue weighted by molar-refractivity contribution is -0.0522. The van der Waals surface area contributed by atoms with Crippen LogP contribution in [0.15, 0.2) is 18.2 Å². The van der Waals surface area contributed by atoms with Crippen molar-refractivity contribution in [1.29, 1.82) is 0 Å². The van der Waals surface area contributed by atoms with Crippen molar-refractivity contribution < 1.29 is 23.0 Å². The van der Waals surface area contributed by atoms with Gasteiger partial charge in [0.2, 0.25) is 0 Å². The number of alkyl halides is 2. The van der Waals surface area contributed by atoms with Gasteiger partial charge >= 0.3 is 6.61 Å². The number of nitrogens with zero attached hydrogens (tertiary/aromatic N) is 1. The Morgan fingerprint density at radius 2 is 2.14 bits per heavy atom. The van der Waals surface area contributed by atoms with E-state index in [0.717, 1.165) is 25.8 Å². The molecule has 0 aliphatic heterocycles. The summed E-state index contributed by atoms with van der Waals surface area (Å²) in [6.07, 6.45) is 2.62. The van der Waals surface area contributed by atoms with Crippen LogP contribution < -0.4 is 4.74 Å². The number of hydrogen-bond donors (Lipinski definition) is 1. The molecule has 0 radical (unpaired) electrons. The molecule has 1 aliphatic carbocycles. The summed E-state index contributed by atoms with van der Waals surface area (Å²) in [6, 6.07) is 4.00. The van der Waals surface area contributed by atoms with Crippen LogP contribution >= 0.6 is 0 Å². The van der Waals surface area contributed by atoms with Crippen molar-refractivity contribution in [2.75, 3.05) is 13.6 Å². The van der Waals surface area contributed by atoms with Crippen molar-refractivity contribution in [3.63, 3.8) is 0 Å². The Bertz CT molecular complexity index is 470. The first-order valence-electron chi connectivity index (χ1n) is 7.05. The van der Waals surface area contributed by atoms with E-state index in [1.54, 1.807) is 6.07 Å². The average Bonchev–Trinajstić information content (AvgIpc) is 2.78. The lowest BCUT2D eigenvalue weighted by Gasteiger charge is -2.23. The zero-order valence-electron chi connectivity index (χ0n) is 11.9. The smallest absolute Gasteiger partial charge is 0.387 e. The average molecular weight is 303 g/mol. The fourth-order valence-corrected chi connectivity index (χ4v) is 2.84. The van der Waals surface area contributed by atoms with Crippen molar-refractivity contribution in [3.05, 3.63) is 29.6 Å². The van der Waals surface area contributed by atoms with E-state index in [2.05, 4.69) is 4.74 Å². The lowest BCUT2D eigenvalue weighted by atomic mass is 10.1. The quantitative estimate of drug-likeness (QED) is 0.877. The van der Waals surface area contributed by atoms with Gasteiger partial charge < -0.3 is 14.7 Å². The molecule has 1 aliphatic rings. The van der Waals surface area contributed by atoms with Gasteiger partial charge in [0.25, 0.3) is 0 Å². The van der Waals surface area contributed by atoms with Gasteiger partial charge in [0.15, 0.2) is 11.6 Å². The van der Waals surface area contributed by atoms with Crippen molar-refractivity contribution >= 4 is 0 Å². The zero-order chi connectivity index (χ0) is 15.4. The molecule has 0 saturated heterocycles. The number of aliphatic hydroxyl groups excluding tert-OH is 1. The minimum Gasteiger partial charge on any atom is -0.432 e. The van der Waals surface area contributed by atoms with Gasteiger partial charge in [0.05, 0.1) is 6.10 Å². The number of ether oxygens (including phenoxy) is 1. The molecule has 0 amide bonds. The minimum atomic E-state index is -3.03. The summed E-state index contributed by atoms with van der Waals surface area (Å²) < 4.78 is 41.8. The third-order valence-corrected chi connectivity index (χ3v) is 3.83. The molecule has 2 rings (SSSR count). The van der Waals surface area contributed by atoms with Crippen LogP contribution in [0.2, 0.25) is 0 Å². The van der Waals surface area contributed by atoms with Gasteiger partial charge in [0.1, 0.15) is 0 Å². The van der Waals surface area contributed by atoms with Gasteiger partial charge in [-0.1, -0.05) is 12.5 Å². The fourth-order valence-electron chi connectivity index (χ4n) is 2.84. The second kappa shape index (κ2) is 7.13. The Labute approximate surface area is 122 Å². The van der Waals surface area contributed by atoms with Crippen molar-refractivity contribution in [3.8, 4) is 5.75 Å². The van der Waals surface area contributed by atoms with Crippen LogP contribution in [0.1, 0.15) is 24.8 Å². The molecule has 1 aromatic rings. The largest absolute Gasteiger partial charge is 0.432 e. The van der Waals surface area contributed by atoms with Crippen LogP contribution in [0.3, 0.4) is 0 Å². The highest BCUT2D eigenvalue weighted by Crippen LogP contribution is 2.27. The summed E-state index contributed by atoms with van der Waals surface area (Å²) in [5, 5.41) is 9.79. The normalized spacial score (nSPS) is 22.2. The van der Waals surface area contributed by atoms with Gasteiger partial charge in [-0.2, -0.15) is 8.78 Å². The molecule has 0 aromatic heterocycles. The van der Waals surface area contributed by atoms with E-state index in [0.29, 0.717) is 12.1 Å². The molecule has 3 nitrogen and oxygen atoms in total. The Morgan fingerprint density at radius 1 is 1.38 bits per heavy atom. The summed E-state index contributed by atoms with van der Waals surface area (Å²) in [7, 11) is 1.90. The predicted octanol–water partition coefficient (Wildman–Crippen LogP) is 3.02. The van der Waals surface area contributed by atoms with Crippen LogP contribution in [0.25, 0.3) is 0 Å². The lowest BCUT2D eigenvalue weighted by Crippen LogP contribution is -2.29. The SMILES string of the molecule is CN(Cc1ccc(OC(F)F)c(F)c1)CC1CCCC1O. The highest BCUT2D eigenvalue weighted by Gasteiger charge is 2.26. The number of halogens is 3. The first kappa shape index (κ1) is 16.1. The van der Waals surface area contributed by atoms with Crippen LogP contribution in [0.4, 0.5) is 13.2 Å². The van der Waals surface area contributed by atoms with E-state index in [-0.39, 0.29) is 12.0 Å². The molecular formula is C15H20F3NO2. The predicted molar refractivity (Wildman–Crippen MR) is 72.7 cm³/mol. The van der Waals surface area contributed by atoms with Gasteiger partial charge in [0, 0.05) is 13.1 Å². The Morgan fingerprint density at radius 3 is 2.71 bits per heavy atom. The van der Waals surface area contributed by atoms with Crippen molar-refractivity contribution in [2.24, 2.45) is 5.92 Å². The maximum Gasteiger partial charge on any atom is 0.387 e. The second-order valence-corrected chi connectivity index (χ2v) is 5.60. The molecule has 0 bridgehead atoms. The van der Waals surface area contributed by atoms with E-state index >= 15 is 0 Å². The summed E-state index contributed by atoms with van der Waals surface area (Å²) in [4.78, 5) is 2.00. The number of aliphatic hydroxyl groups is 1. The molecule has 0 spiro atoms. The Hall–Kier alpha value is -1.27. The van der Waals surface area contributed by atoms with E-state index < -0.39 is 18.2 Å². The fraction of sp³-hybridized carbons (Fsp3) is 0.600. The molecule has 2 unspecified atom stereocenters. The van der Waals surface area contributed by atoms with Crippen LogP contribution in [0, 0.1) is 11.7 Å². The molecule has 0 heterocycles. The van der Waals surface area contributed by atoms with Crippen molar-refractivity contribution in [1.82, 2.24) is 4.90 Å². The first-order valence-corrected chi connectivity index (χ1v) is 7.05. The summed E-state index contributed by atoms with van der Waals surface area (Å²) in [6.45, 7) is -1.80. The van der Waals surface area contributed by atoms with Gasteiger partial charge in [-0.05, 0) is 43.5 Å². The third-order valence-electron chi connectivity index (χ3n) is 3.83. The number of hydrogen-bond acceptors (Lipinski definition) is 3. The summed E-state index contributed by atoms with van der Waals surface area (Å²) in [5.41, 5.74) is 0.684. The van der Waals surface area contributed by atoms with E-state index in [1.165, 1.54) is 12.1 Å². The Kier molecular flexibility index (Phi) is 5.47. The molecule has 2 atom stereocenters. The van der Waals surface area contributed by atoms with Gasteiger partial charge in [-0.3, -0.25) is 0 Å². The molecular weight excluding hydrogens is 283 g/mol. The molecule has 1 N–H and O–H groups in total. The van der Waals surface area contributed by atoms with Crippen LogP contribution in [-0.4, -0.2) is 36.3 Å². The maximum atomic E-state index is 13.6. The second-order valence-electron chi connectivity index (χ2n) is 5.60. The highest BCUT2D eigenvalue weighted by molar-refractivity contribution is 5.29. The number of benzene rings is 1. The highest BCUT2D eigenvalue weighted by atomic mass is 19.3. The van der Waals surface area contributed by atoms with E-state index in [9.17, 15) is 18.3 Å².